The van der Waals surface area contributed by atoms with Crippen molar-refractivity contribution in [2.24, 2.45) is 0 Å². The number of hydrogen-bond acceptors (Lipinski definition) is 5. The zero-order valence-electron chi connectivity index (χ0n) is 12.1. The van der Waals surface area contributed by atoms with Crippen molar-refractivity contribution < 1.29 is 9.72 Å². The van der Waals surface area contributed by atoms with Crippen LogP contribution in [0.5, 0.6) is 0 Å². The van der Waals surface area contributed by atoms with Gasteiger partial charge in [0, 0.05) is 17.3 Å². The van der Waals surface area contributed by atoms with Crippen molar-refractivity contribution >= 4 is 28.9 Å². The molecule has 0 aliphatic carbocycles. The Morgan fingerprint density at radius 3 is 2.58 bits per heavy atom. The van der Waals surface area contributed by atoms with E-state index in [0.717, 1.165) is 11.8 Å². The maximum Gasteiger partial charge on any atom is 0.288 e. The molecule has 3 rings (SSSR count). The summed E-state index contributed by atoms with van der Waals surface area (Å²) in [5, 5.41) is 17.5. The van der Waals surface area contributed by atoms with Crippen LogP contribution in [0.15, 0.2) is 55.1 Å². The van der Waals surface area contributed by atoms with Crippen molar-refractivity contribution in [3.8, 4) is 5.69 Å². The normalized spacial score (nSPS) is 10.4. The second-order valence-electron chi connectivity index (χ2n) is 4.76. The highest BCUT2D eigenvalue weighted by atomic mass is 35.5. The molecule has 0 radical (unpaired) electrons. The van der Waals surface area contributed by atoms with Gasteiger partial charge in [-0.25, -0.2) is 9.67 Å². The zero-order chi connectivity index (χ0) is 17.1. The highest BCUT2D eigenvalue weighted by molar-refractivity contribution is 6.32. The number of nitro groups is 1. The maximum absolute atomic E-state index is 12.2. The van der Waals surface area contributed by atoms with Gasteiger partial charge in [0.25, 0.3) is 11.6 Å². The number of anilines is 1. The molecule has 1 heterocycles. The van der Waals surface area contributed by atoms with Crippen LogP contribution < -0.4 is 5.32 Å². The number of carbonyl (C=O) groups is 1. The van der Waals surface area contributed by atoms with Crippen molar-refractivity contribution in [1.29, 1.82) is 0 Å². The molecule has 0 bridgehead atoms. The van der Waals surface area contributed by atoms with Gasteiger partial charge in [-0.05, 0) is 36.4 Å². The molecular weight excluding hydrogens is 334 g/mol. The first-order chi connectivity index (χ1) is 11.5. The molecule has 9 heteroatoms. The molecule has 0 saturated heterocycles. The summed E-state index contributed by atoms with van der Waals surface area (Å²) in [4.78, 5) is 26.3. The second kappa shape index (κ2) is 6.47. The minimum absolute atomic E-state index is 0.0197. The molecule has 1 amide bonds. The van der Waals surface area contributed by atoms with E-state index < -0.39 is 10.8 Å². The number of benzene rings is 2. The predicted molar refractivity (Wildman–Crippen MR) is 87.4 cm³/mol. The summed E-state index contributed by atoms with van der Waals surface area (Å²) in [6.45, 7) is 0. The molecule has 3 aromatic rings. The third kappa shape index (κ3) is 3.23. The highest BCUT2D eigenvalue weighted by Crippen LogP contribution is 2.25. The van der Waals surface area contributed by atoms with E-state index in [1.165, 1.54) is 18.5 Å². The van der Waals surface area contributed by atoms with E-state index in [1.807, 2.05) is 0 Å². The Hall–Kier alpha value is -3.26. The van der Waals surface area contributed by atoms with Crippen LogP contribution in [0.2, 0.25) is 5.02 Å². The lowest BCUT2D eigenvalue weighted by Crippen LogP contribution is -2.12. The average molecular weight is 344 g/mol. The fourth-order valence-electron chi connectivity index (χ4n) is 2.04. The summed E-state index contributed by atoms with van der Waals surface area (Å²) in [6.07, 6.45) is 2.98. The Kier molecular flexibility index (Phi) is 4.21. The summed E-state index contributed by atoms with van der Waals surface area (Å²) in [5.41, 5.74) is 1.16. The first-order valence-electron chi connectivity index (χ1n) is 6.75. The summed E-state index contributed by atoms with van der Waals surface area (Å²) in [7, 11) is 0. The van der Waals surface area contributed by atoms with E-state index in [9.17, 15) is 14.9 Å². The molecule has 0 saturated carbocycles. The number of aromatic nitrogens is 3. The maximum atomic E-state index is 12.2. The van der Waals surface area contributed by atoms with Crippen molar-refractivity contribution in [2.75, 3.05) is 5.32 Å². The number of nitro benzene ring substituents is 1. The Morgan fingerprint density at radius 1 is 1.21 bits per heavy atom. The highest BCUT2D eigenvalue weighted by Gasteiger charge is 2.16. The van der Waals surface area contributed by atoms with Gasteiger partial charge in [0.2, 0.25) is 0 Å². The van der Waals surface area contributed by atoms with Gasteiger partial charge in [0.05, 0.1) is 10.6 Å². The van der Waals surface area contributed by atoms with Crippen LogP contribution in [0.4, 0.5) is 11.4 Å². The van der Waals surface area contributed by atoms with Crippen LogP contribution >= 0.6 is 11.6 Å². The number of nitrogens with zero attached hydrogens (tertiary/aromatic N) is 4. The average Bonchev–Trinajstić information content (AvgIpc) is 3.10. The summed E-state index contributed by atoms with van der Waals surface area (Å²) >= 11 is 5.74. The molecule has 8 nitrogen and oxygen atoms in total. The lowest BCUT2D eigenvalue weighted by atomic mass is 10.2. The van der Waals surface area contributed by atoms with Gasteiger partial charge in [-0.3, -0.25) is 14.9 Å². The minimum atomic E-state index is -0.633. The van der Waals surface area contributed by atoms with E-state index >= 15 is 0 Å². The van der Waals surface area contributed by atoms with Crippen LogP contribution in [0.3, 0.4) is 0 Å². The van der Waals surface area contributed by atoms with Gasteiger partial charge in [-0.2, -0.15) is 5.10 Å². The zero-order valence-corrected chi connectivity index (χ0v) is 12.8. The molecule has 0 aliphatic heterocycles. The van der Waals surface area contributed by atoms with Gasteiger partial charge in [-0.15, -0.1) is 0 Å². The molecule has 2 aromatic carbocycles. The monoisotopic (exact) mass is 343 g/mol. The Balaban J connectivity index is 1.77. The lowest BCUT2D eigenvalue weighted by molar-refractivity contribution is -0.384. The number of hydrogen-bond donors (Lipinski definition) is 1. The number of nitrogens with one attached hydrogen (secondary N) is 1. The van der Waals surface area contributed by atoms with Gasteiger partial charge in [0.15, 0.2) is 0 Å². The van der Waals surface area contributed by atoms with E-state index in [4.69, 9.17) is 11.6 Å². The van der Waals surface area contributed by atoms with Crippen molar-refractivity contribution in [1.82, 2.24) is 14.8 Å². The van der Waals surface area contributed by atoms with Crippen LogP contribution in [0.25, 0.3) is 5.69 Å². The summed E-state index contributed by atoms with van der Waals surface area (Å²) in [6, 6.07) is 10.8. The van der Waals surface area contributed by atoms with Crippen LogP contribution in [-0.2, 0) is 0 Å². The van der Waals surface area contributed by atoms with Crippen LogP contribution in [0, 0.1) is 10.1 Å². The molecule has 0 unspecified atom stereocenters. The van der Waals surface area contributed by atoms with E-state index in [2.05, 4.69) is 15.4 Å². The van der Waals surface area contributed by atoms with Gasteiger partial charge >= 0.3 is 0 Å². The molecule has 1 aromatic heterocycles. The number of halogens is 1. The first-order valence-corrected chi connectivity index (χ1v) is 7.13. The molecule has 24 heavy (non-hydrogen) atoms. The topological polar surface area (TPSA) is 103 Å². The quantitative estimate of drug-likeness (QED) is 0.579. The Morgan fingerprint density at radius 2 is 1.96 bits per heavy atom. The van der Waals surface area contributed by atoms with Gasteiger partial charge in [-0.1, -0.05) is 11.6 Å². The largest absolute Gasteiger partial charge is 0.322 e. The third-order valence-corrected chi connectivity index (χ3v) is 3.53. The van der Waals surface area contributed by atoms with E-state index in [1.54, 1.807) is 35.3 Å². The Labute approximate surface area is 140 Å². The van der Waals surface area contributed by atoms with E-state index in [-0.39, 0.29) is 16.3 Å². The summed E-state index contributed by atoms with van der Waals surface area (Å²) < 4.78 is 1.58. The number of rotatable bonds is 4. The van der Waals surface area contributed by atoms with Crippen LogP contribution in [0.1, 0.15) is 10.4 Å². The lowest BCUT2D eigenvalue weighted by Gasteiger charge is -2.07. The molecule has 0 fully saturated rings. The summed E-state index contributed by atoms with van der Waals surface area (Å²) in [5.74, 6) is -0.469. The molecule has 1 N–H and O–H groups in total. The molecule has 0 spiro atoms. The Bertz CT molecular complexity index is 894. The molecular formula is C15H10ClN5O3. The molecule has 0 aliphatic rings. The van der Waals surface area contributed by atoms with E-state index in [0.29, 0.717) is 5.69 Å². The fraction of sp³-hybridized carbons (Fsp3) is 0. The minimum Gasteiger partial charge on any atom is -0.322 e. The molecule has 0 atom stereocenters. The van der Waals surface area contributed by atoms with Gasteiger partial charge in [0.1, 0.15) is 17.7 Å². The standard InChI is InChI=1S/C15H10ClN5O3/c16-13-6-1-10(7-14(13)21(23)24)15(22)19-11-2-4-12(5-3-11)20-9-17-8-18-20/h1-9H,(H,19,22). The smallest absolute Gasteiger partial charge is 0.288 e. The fourth-order valence-corrected chi connectivity index (χ4v) is 2.22. The number of amides is 1. The SMILES string of the molecule is O=C(Nc1ccc(-n2cncn2)cc1)c1ccc(Cl)c([N+](=O)[O-])c1. The van der Waals surface area contributed by atoms with Crippen molar-refractivity contribution in [2.45, 2.75) is 0 Å². The van der Waals surface area contributed by atoms with Crippen LogP contribution in [-0.4, -0.2) is 25.6 Å². The first kappa shape index (κ1) is 15.6. The number of carbonyl (C=O) groups excluding carboxylic acids is 1. The predicted octanol–water partition coefficient (Wildman–Crippen LogP) is 3.08. The van der Waals surface area contributed by atoms with Crippen molar-refractivity contribution in [3.63, 3.8) is 0 Å². The molecule has 120 valence electrons. The second-order valence-corrected chi connectivity index (χ2v) is 5.17. The van der Waals surface area contributed by atoms with Gasteiger partial charge < -0.3 is 5.32 Å². The van der Waals surface area contributed by atoms with Crippen molar-refractivity contribution in [3.05, 3.63) is 75.8 Å². The third-order valence-electron chi connectivity index (χ3n) is 3.21.